The number of pyridine rings is 1. The molecule has 2 aliphatic heterocycles. The van der Waals surface area contributed by atoms with Crippen molar-refractivity contribution < 1.29 is 4.79 Å². The summed E-state index contributed by atoms with van der Waals surface area (Å²) < 4.78 is 0. The number of nitrogen functional groups attached to an aromatic ring is 1. The Balaban J connectivity index is 1.64. The number of amides is 1. The van der Waals surface area contributed by atoms with Crippen LogP contribution in [0.1, 0.15) is 65.7 Å². The highest BCUT2D eigenvalue weighted by Gasteiger charge is 2.29. The molecule has 6 heteroatoms. The maximum atomic E-state index is 13.0. The van der Waals surface area contributed by atoms with E-state index < -0.39 is 0 Å². The van der Waals surface area contributed by atoms with Crippen LogP contribution in [-0.2, 0) is 12.8 Å². The second-order valence-corrected chi connectivity index (χ2v) is 9.17. The Bertz CT molecular complexity index is 878. The fourth-order valence-corrected chi connectivity index (χ4v) is 6.07. The lowest BCUT2D eigenvalue weighted by atomic mass is 9.89. The average molecular weight is 385 g/mol. The molecule has 2 aromatic rings. The number of hydrogen-bond donors (Lipinski definition) is 1. The van der Waals surface area contributed by atoms with Crippen LogP contribution in [0.3, 0.4) is 0 Å². The minimum atomic E-state index is 0.108. The number of likely N-dealkylation sites (tertiary alicyclic amines) is 1. The van der Waals surface area contributed by atoms with Gasteiger partial charge >= 0.3 is 0 Å². The smallest absolute Gasteiger partial charge is 0.266 e. The molecule has 0 saturated carbocycles. The molecule has 5 rings (SSSR count). The van der Waals surface area contributed by atoms with Crippen LogP contribution in [-0.4, -0.2) is 42.0 Å². The summed E-state index contributed by atoms with van der Waals surface area (Å²) in [7, 11) is 0. The second kappa shape index (κ2) is 6.97. The van der Waals surface area contributed by atoms with Crippen molar-refractivity contribution in [2.24, 2.45) is 0 Å². The molecule has 0 aromatic carbocycles. The van der Waals surface area contributed by atoms with E-state index in [1.54, 1.807) is 0 Å². The topological polar surface area (TPSA) is 62.5 Å². The SMILES string of the molecule is Nc1c(C(=O)N2CCCC2)sc2nc(N3CCCCC3)c3c(c12)CCCC3. The first kappa shape index (κ1) is 17.3. The monoisotopic (exact) mass is 384 g/mol. The van der Waals surface area contributed by atoms with Gasteiger partial charge in [0.1, 0.15) is 15.5 Å². The fourth-order valence-electron chi connectivity index (χ4n) is 4.98. The lowest BCUT2D eigenvalue weighted by Gasteiger charge is -2.31. The van der Waals surface area contributed by atoms with Gasteiger partial charge in [-0.3, -0.25) is 4.79 Å². The summed E-state index contributed by atoms with van der Waals surface area (Å²) in [6, 6.07) is 0. The maximum Gasteiger partial charge on any atom is 0.266 e. The zero-order valence-electron chi connectivity index (χ0n) is 15.9. The van der Waals surface area contributed by atoms with E-state index in [0.29, 0.717) is 10.6 Å². The molecule has 3 aliphatic rings. The number of rotatable bonds is 2. The van der Waals surface area contributed by atoms with E-state index in [2.05, 4.69) is 4.90 Å². The summed E-state index contributed by atoms with van der Waals surface area (Å²) in [6.07, 6.45) is 10.6. The lowest BCUT2D eigenvalue weighted by Crippen LogP contribution is -2.31. The molecule has 2 aromatic heterocycles. The van der Waals surface area contributed by atoms with Crippen LogP contribution in [0.25, 0.3) is 10.2 Å². The molecule has 0 radical (unpaired) electrons. The van der Waals surface area contributed by atoms with Gasteiger partial charge in [-0.1, -0.05) is 0 Å². The van der Waals surface area contributed by atoms with E-state index in [0.717, 1.165) is 62.1 Å². The van der Waals surface area contributed by atoms with E-state index in [4.69, 9.17) is 10.7 Å². The zero-order chi connectivity index (χ0) is 18.4. The number of carbonyl (C=O) groups is 1. The Hall–Kier alpha value is -1.82. The van der Waals surface area contributed by atoms with Gasteiger partial charge in [-0.2, -0.15) is 0 Å². The number of aromatic nitrogens is 1. The van der Waals surface area contributed by atoms with Crippen molar-refractivity contribution in [1.82, 2.24) is 9.88 Å². The number of nitrogens with two attached hydrogens (primary N) is 1. The molecule has 144 valence electrons. The summed E-state index contributed by atoms with van der Waals surface area (Å²) in [5.41, 5.74) is 10.0. The van der Waals surface area contributed by atoms with Crippen LogP contribution in [0.4, 0.5) is 11.5 Å². The molecule has 2 saturated heterocycles. The highest BCUT2D eigenvalue weighted by Crippen LogP contribution is 2.42. The van der Waals surface area contributed by atoms with Crippen molar-refractivity contribution in [2.45, 2.75) is 57.8 Å². The second-order valence-electron chi connectivity index (χ2n) is 8.17. The van der Waals surface area contributed by atoms with Gasteiger partial charge in [-0.25, -0.2) is 4.98 Å². The van der Waals surface area contributed by atoms with Crippen molar-refractivity contribution in [3.63, 3.8) is 0 Å². The minimum absolute atomic E-state index is 0.108. The molecular formula is C21H28N4OS. The van der Waals surface area contributed by atoms with Crippen LogP contribution < -0.4 is 10.6 Å². The van der Waals surface area contributed by atoms with Gasteiger partial charge in [-0.05, 0) is 68.9 Å². The number of anilines is 2. The zero-order valence-corrected chi connectivity index (χ0v) is 16.7. The Morgan fingerprint density at radius 1 is 0.889 bits per heavy atom. The summed E-state index contributed by atoms with van der Waals surface area (Å²) >= 11 is 1.52. The first-order chi connectivity index (χ1) is 13.2. The number of thiophene rings is 1. The maximum absolute atomic E-state index is 13.0. The van der Waals surface area contributed by atoms with Crippen LogP contribution in [0.15, 0.2) is 0 Å². The molecule has 2 fully saturated rings. The van der Waals surface area contributed by atoms with Crippen LogP contribution in [0, 0.1) is 0 Å². The highest BCUT2D eigenvalue weighted by atomic mass is 32.1. The Labute approximate surface area is 164 Å². The minimum Gasteiger partial charge on any atom is -0.397 e. The summed E-state index contributed by atoms with van der Waals surface area (Å²) in [6.45, 7) is 3.92. The molecule has 1 amide bonds. The summed E-state index contributed by atoms with van der Waals surface area (Å²) in [4.78, 5) is 24.2. The molecule has 0 spiro atoms. The number of nitrogens with zero attached hydrogens (tertiary/aromatic N) is 3. The third-order valence-electron chi connectivity index (χ3n) is 6.42. The molecule has 5 nitrogen and oxygen atoms in total. The van der Waals surface area contributed by atoms with Gasteiger partial charge in [0.25, 0.3) is 5.91 Å². The Kier molecular flexibility index (Phi) is 4.46. The molecular weight excluding hydrogens is 356 g/mol. The lowest BCUT2D eigenvalue weighted by molar-refractivity contribution is 0.0798. The molecule has 4 heterocycles. The summed E-state index contributed by atoms with van der Waals surface area (Å²) in [5.74, 6) is 1.29. The van der Waals surface area contributed by atoms with E-state index in [1.165, 1.54) is 60.4 Å². The van der Waals surface area contributed by atoms with Crippen molar-refractivity contribution >= 4 is 39.0 Å². The quantitative estimate of drug-likeness (QED) is 0.851. The number of carbonyl (C=O) groups excluding carboxylic acids is 1. The van der Waals surface area contributed by atoms with E-state index in [-0.39, 0.29) is 5.91 Å². The van der Waals surface area contributed by atoms with Gasteiger partial charge in [0.05, 0.1) is 5.69 Å². The average Bonchev–Trinajstić information content (AvgIpc) is 3.36. The molecule has 0 unspecified atom stereocenters. The number of piperidine rings is 1. The molecule has 1 aliphatic carbocycles. The third-order valence-corrected chi connectivity index (χ3v) is 7.50. The predicted molar refractivity (Wildman–Crippen MR) is 112 cm³/mol. The van der Waals surface area contributed by atoms with E-state index in [1.807, 2.05) is 4.90 Å². The van der Waals surface area contributed by atoms with Crippen molar-refractivity contribution in [3.05, 3.63) is 16.0 Å². The van der Waals surface area contributed by atoms with Crippen molar-refractivity contribution in [2.75, 3.05) is 36.8 Å². The predicted octanol–water partition coefficient (Wildman–Crippen LogP) is 3.98. The Morgan fingerprint density at radius 2 is 1.56 bits per heavy atom. The van der Waals surface area contributed by atoms with Crippen LogP contribution in [0.2, 0.25) is 0 Å². The van der Waals surface area contributed by atoms with Crippen molar-refractivity contribution in [1.29, 1.82) is 0 Å². The first-order valence-corrected chi connectivity index (χ1v) is 11.3. The molecule has 27 heavy (non-hydrogen) atoms. The highest BCUT2D eigenvalue weighted by molar-refractivity contribution is 7.21. The van der Waals surface area contributed by atoms with E-state index in [9.17, 15) is 4.79 Å². The first-order valence-electron chi connectivity index (χ1n) is 10.5. The number of aryl methyl sites for hydroxylation is 1. The van der Waals surface area contributed by atoms with Crippen LogP contribution in [0.5, 0.6) is 0 Å². The van der Waals surface area contributed by atoms with Gasteiger partial charge in [0.2, 0.25) is 0 Å². The van der Waals surface area contributed by atoms with E-state index >= 15 is 0 Å². The van der Waals surface area contributed by atoms with Gasteiger partial charge in [0, 0.05) is 31.6 Å². The number of hydrogen-bond acceptors (Lipinski definition) is 5. The largest absolute Gasteiger partial charge is 0.397 e. The van der Waals surface area contributed by atoms with Gasteiger partial charge in [-0.15, -0.1) is 11.3 Å². The summed E-state index contributed by atoms with van der Waals surface area (Å²) in [5, 5.41) is 1.08. The van der Waals surface area contributed by atoms with Crippen LogP contribution >= 0.6 is 11.3 Å². The fraction of sp³-hybridized carbons (Fsp3) is 0.619. The standard InChI is InChI=1S/C21H28N4OS/c22-17-16-14-8-2-3-9-15(14)19(24-10-4-1-5-11-24)23-20(16)27-18(17)21(26)25-12-6-7-13-25/h1-13,22H2. The Morgan fingerprint density at radius 3 is 2.30 bits per heavy atom. The molecule has 2 N–H and O–H groups in total. The number of fused-ring (bicyclic) bond motifs is 3. The van der Waals surface area contributed by atoms with Crippen molar-refractivity contribution in [3.8, 4) is 0 Å². The van der Waals surface area contributed by atoms with Gasteiger partial charge in [0.15, 0.2) is 0 Å². The molecule has 0 bridgehead atoms. The normalized spacial score (nSPS) is 20.3. The molecule has 0 atom stereocenters. The third kappa shape index (κ3) is 2.89. The van der Waals surface area contributed by atoms with Gasteiger partial charge < -0.3 is 15.5 Å².